The first-order chi connectivity index (χ1) is 12.0. The molecule has 1 aromatic heterocycles. The lowest BCUT2D eigenvalue weighted by molar-refractivity contribution is -0.129. The number of H-pyrrole nitrogens is 1. The monoisotopic (exact) mass is 342 g/mol. The summed E-state index contributed by atoms with van der Waals surface area (Å²) in [4.78, 5) is 26.2. The summed E-state index contributed by atoms with van der Waals surface area (Å²) in [6, 6.07) is 7.61. The summed E-state index contributed by atoms with van der Waals surface area (Å²) >= 11 is 0. The van der Waals surface area contributed by atoms with E-state index < -0.39 is 0 Å². The van der Waals surface area contributed by atoms with Crippen LogP contribution in [0.25, 0.3) is 11.4 Å². The predicted octanol–water partition coefficient (Wildman–Crippen LogP) is 0.987. The maximum absolute atomic E-state index is 12.4. The third-order valence-electron chi connectivity index (χ3n) is 4.17. The molecular weight excluding hydrogens is 320 g/mol. The van der Waals surface area contributed by atoms with Crippen LogP contribution in [0.2, 0.25) is 0 Å². The zero-order chi connectivity index (χ0) is 17.8. The van der Waals surface area contributed by atoms with Gasteiger partial charge >= 0.3 is 0 Å². The Morgan fingerprint density at radius 3 is 3.00 bits per heavy atom. The number of aromatic nitrogens is 4. The van der Waals surface area contributed by atoms with Gasteiger partial charge in [0.15, 0.2) is 0 Å². The molecule has 0 bridgehead atoms. The van der Waals surface area contributed by atoms with E-state index in [9.17, 15) is 9.59 Å². The van der Waals surface area contributed by atoms with Crippen LogP contribution in [0.15, 0.2) is 24.3 Å². The molecule has 132 valence electrons. The largest absolute Gasteiger partial charge is 0.352 e. The lowest BCUT2D eigenvalue weighted by Gasteiger charge is -2.18. The van der Waals surface area contributed by atoms with Crippen molar-refractivity contribution in [1.82, 2.24) is 30.8 Å². The normalized spacial score (nSPS) is 17.3. The van der Waals surface area contributed by atoms with Crippen molar-refractivity contribution in [2.24, 2.45) is 11.8 Å². The molecule has 0 radical (unpaired) electrons. The first-order valence-electron chi connectivity index (χ1n) is 8.41. The van der Waals surface area contributed by atoms with Gasteiger partial charge in [0.05, 0.1) is 5.92 Å². The average molecular weight is 342 g/mol. The number of benzene rings is 1. The number of likely N-dealkylation sites (tertiary alicyclic amines) is 1. The van der Waals surface area contributed by atoms with E-state index in [1.54, 1.807) is 4.90 Å². The van der Waals surface area contributed by atoms with Crippen LogP contribution in [0, 0.1) is 11.8 Å². The van der Waals surface area contributed by atoms with E-state index in [0.717, 1.165) is 11.1 Å². The Hall–Kier alpha value is -2.77. The molecule has 0 aliphatic carbocycles. The maximum atomic E-state index is 12.4. The van der Waals surface area contributed by atoms with E-state index in [1.807, 2.05) is 24.3 Å². The topological polar surface area (TPSA) is 104 Å². The molecule has 1 unspecified atom stereocenters. The van der Waals surface area contributed by atoms with Crippen LogP contribution < -0.4 is 5.32 Å². The number of hydrogen-bond acceptors (Lipinski definition) is 5. The van der Waals surface area contributed by atoms with Crippen LogP contribution in [0.1, 0.15) is 25.8 Å². The van der Waals surface area contributed by atoms with E-state index in [4.69, 9.17) is 0 Å². The minimum Gasteiger partial charge on any atom is -0.352 e. The third-order valence-corrected chi connectivity index (χ3v) is 4.17. The first kappa shape index (κ1) is 17.1. The second-order valence-corrected chi connectivity index (χ2v) is 6.75. The number of amides is 2. The van der Waals surface area contributed by atoms with Crippen LogP contribution >= 0.6 is 0 Å². The van der Waals surface area contributed by atoms with Gasteiger partial charge in [-0.05, 0) is 22.8 Å². The minimum absolute atomic E-state index is 0.0629. The summed E-state index contributed by atoms with van der Waals surface area (Å²) in [5.74, 6) is 0.627. The molecular formula is C17H22N6O2. The van der Waals surface area contributed by atoms with Crippen molar-refractivity contribution in [3.8, 4) is 11.4 Å². The Morgan fingerprint density at radius 2 is 2.28 bits per heavy atom. The van der Waals surface area contributed by atoms with Crippen LogP contribution in [-0.2, 0) is 16.1 Å². The van der Waals surface area contributed by atoms with Gasteiger partial charge in [-0.3, -0.25) is 9.59 Å². The van der Waals surface area contributed by atoms with E-state index in [2.05, 4.69) is 39.8 Å². The molecule has 3 rings (SSSR count). The van der Waals surface area contributed by atoms with Crippen molar-refractivity contribution in [2.75, 3.05) is 13.1 Å². The van der Waals surface area contributed by atoms with Crippen LogP contribution in [-0.4, -0.2) is 50.4 Å². The molecule has 1 fully saturated rings. The number of hydrogen-bond donors (Lipinski definition) is 2. The molecule has 0 saturated carbocycles. The Labute approximate surface area is 146 Å². The van der Waals surface area contributed by atoms with Crippen molar-refractivity contribution in [2.45, 2.75) is 26.8 Å². The number of nitrogens with zero attached hydrogens (tertiary/aromatic N) is 4. The summed E-state index contributed by atoms with van der Waals surface area (Å²) in [5.41, 5.74) is 1.78. The predicted molar refractivity (Wildman–Crippen MR) is 91.0 cm³/mol. The smallest absolute Gasteiger partial charge is 0.225 e. The van der Waals surface area contributed by atoms with Gasteiger partial charge in [0.25, 0.3) is 0 Å². The van der Waals surface area contributed by atoms with Crippen molar-refractivity contribution in [3.05, 3.63) is 29.8 Å². The summed E-state index contributed by atoms with van der Waals surface area (Å²) in [7, 11) is 0. The fraction of sp³-hybridized carbons (Fsp3) is 0.471. The maximum Gasteiger partial charge on any atom is 0.225 e. The minimum atomic E-state index is -0.272. The van der Waals surface area contributed by atoms with Crippen LogP contribution in [0.4, 0.5) is 0 Å². The van der Waals surface area contributed by atoms with E-state index in [1.165, 1.54) is 0 Å². The van der Waals surface area contributed by atoms with Crippen LogP contribution in [0.5, 0.6) is 0 Å². The molecule has 25 heavy (non-hydrogen) atoms. The zero-order valence-corrected chi connectivity index (χ0v) is 14.4. The highest BCUT2D eigenvalue weighted by Gasteiger charge is 2.34. The van der Waals surface area contributed by atoms with E-state index in [-0.39, 0.29) is 17.7 Å². The van der Waals surface area contributed by atoms with Crippen molar-refractivity contribution >= 4 is 11.8 Å². The molecule has 1 saturated heterocycles. The highest BCUT2D eigenvalue weighted by Crippen LogP contribution is 2.20. The summed E-state index contributed by atoms with van der Waals surface area (Å²) in [6.07, 6.45) is 0.293. The van der Waals surface area contributed by atoms with Gasteiger partial charge in [-0.25, -0.2) is 0 Å². The summed E-state index contributed by atoms with van der Waals surface area (Å²) in [5, 5.41) is 16.8. The number of carbonyl (C=O) groups excluding carboxylic acids is 2. The SMILES string of the molecule is CC(C)CN1CC(C(=O)NCc2cccc(-c3nn[nH]n3)c2)CC1=O. The molecule has 8 nitrogen and oxygen atoms in total. The molecule has 2 heterocycles. The highest BCUT2D eigenvalue weighted by molar-refractivity contribution is 5.89. The van der Waals surface area contributed by atoms with Gasteiger partial charge in [-0.2, -0.15) is 5.21 Å². The Morgan fingerprint density at radius 1 is 1.44 bits per heavy atom. The second kappa shape index (κ2) is 7.42. The third kappa shape index (κ3) is 4.20. The first-order valence-corrected chi connectivity index (χ1v) is 8.41. The standard InChI is InChI=1S/C17H22N6O2/c1-11(2)9-23-10-14(7-15(23)24)17(25)18-8-12-4-3-5-13(6-12)16-19-21-22-20-16/h3-6,11,14H,7-10H2,1-2H3,(H,18,25)(H,19,20,21,22). The molecule has 1 aliphatic heterocycles. The van der Waals surface area contributed by atoms with E-state index in [0.29, 0.717) is 37.8 Å². The fourth-order valence-corrected chi connectivity index (χ4v) is 3.00. The van der Waals surface area contributed by atoms with Gasteiger partial charge in [-0.15, -0.1) is 10.2 Å². The van der Waals surface area contributed by atoms with Crippen molar-refractivity contribution in [3.63, 3.8) is 0 Å². The molecule has 0 spiro atoms. The number of carbonyl (C=O) groups is 2. The molecule has 2 amide bonds. The molecule has 8 heteroatoms. The molecule has 1 atom stereocenters. The fourth-order valence-electron chi connectivity index (χ4n) is 3.00. The Bertz CT molecular complexity index is 743. The number of nitrogens with one attached hydrogen (secondary N) is 2. The average Bonchev–Trinajstić information content (AvgIpc) is 3.23. The summed E-state index contributed by atoms with van der Waals surface area (Å²) in [6.45, 7) is 5.75. The quantitative estimate of drug-likeness (QED) is 0.815. The van der Waals surface area contributed by atoms with Crippen LogP contribution in [0.3, 0.4) is 0 Å². The highest BCUT2D eigenvalue weighted by atomic mass is 16.2. The molecule has 1 aliphatic rings. The van der Waals surface area contributed by atoms with Crippen molar-refractivity contribution < 1.29 is 9.59 Å². The van der Waals surface area contributed by atoms with E-state index >= 15 is 0 Å². The molecule has 2 aromatic rings. The lowest BCUT2D eigenvalue weighted by Crippen LogP contribution is -2.33. The zero-order valence-electron chi connectivity index (χ0n) is 14.4. The molecule has 2 N–H and O–H groups in total. The molecule has 1 aromatic carbocycles. The number of aromatic amines is 1. The Balaban J connectivity index is 1.56. The van der Waals surface area contributed by atoms with Gasteiger partial charge in [-0.1, -0.05) is 32.0 Å². The van der Waals surface area contributed by atoms with Gasteiger partial charge in [0.1, 0.15) is 0 Å². The van der Waals surface area contributed by atoms with Gasteiger partial charge in [0, 0.05) is 31.6 Å². The van der Waals surface area contributed by atoms with Crippen molar-refractivity contribution in [1.29, 1.82) is 0 Å². The van der Waals surface area contributed by atoms with Gasteiger partial charge in [0.2, 0.25) is 17.6 Å². The second-order valence-electron chi connectivity index (χ2n) is 6.75. The number of tetrazole rings is 1. The lowest BCUT2D eigenvalue weighted by atomic mass is 10.1. The Kier molecular flexibility index (Phi) is 5.06. The number of rotatable bonds is 6. The van der Waals surface area contributed by atoms with Gasteiger partial charge < -0.3 is 10.2 Å². The summed E-state index contributed by atoms with van der Waals surface area (Å²) < 4.78 is 0.